The minimum Gasteiger partial charge on any atom is -0.455 e. The van der Waals surface area contributed by atoms with E-state index in [9.17, 15) is 0 Å². The van der Waals surface area contributed by atoms with Crippen molar-refractivity contribution in [1.82, 2.24) is 15.0 Å². The van der Waals surface area contributed by atoms with E-state index in [1.165, 1.54) is 20.2 Å². The van der Waals surface area contributed by atoms with Crippen LogP contribution in [0.1, 0.15) is 0 Å². The molecule has 0 radical (unpaired) electrons. The Bertz CT molecular complexity index is 3160. The van der Waals surface area contributed by atoms with Crippen LogP contribution in [-0.4, -0.2) is 15.0 Å². The number of fused-ring (bicyclic) bond motifs is 9. The van der Waals surface area contributed by atoms with Crippen molar-refractivity contribution in [3.8, 4) is 45.3 Å². The summed E-state index contributed by atoms with van der Waals surface area (Å²) in [4.78, 5) is 15.2. The third-order valence-corrected chi connectivity index (χ3v) is 10.9. The lowest BCUT2D eigenvalue weighted by Crippen LogP contribution is -2.00. The van der Waals surface area contributed by atoms with E-state index in [0.717, 1.165) is 71.7 Å². The van der Waals surface area contributed by atoms with Gasteiger partial charge in [-0.1, -0.05) is 103 Å². The van der Waals surface area contributed by atoms with Gasteiger partial charge in [0.05, 0.1) is 5.56 Å². The zero-order valence-corrected chi connectivity index (χ0v) is 27.8. The fraction of sp³-hybridized carbons (Fsp3) is 0. The van der Waals surface area contributed by atoms with E-state index in [-0.39, 0.29) is 0 Å². The zero-order valence-electron chi connectivity index (χ0n) is 27.0. The highest BCUT2D eigenvalue weighted by Gasteiger charge is 2.20. The molecule has 238 valence electrons. The molecule has 4 aromatic heterocycles. The van der Waals surface area contributed by atoms with Gasteiger partial charge in [-0.3, -0.25) is 0 Å². The molecule has 0 aliphatic heterocycles. The number of benzene rings is 7. The Kier molecular flexibility index (Phi) is 6.05. The van der Waals surface area contributed by atoms with Gasteiger partial charge in [-0.15, -0.1) is 11.3 Å². The summed E-state index contributed by atoms with van der Waals surface area (Å²) in [6.45, 7) is 0. The van der Waals surface area contributed by atoms with Gasteiger partial charge in [0.2, 0.25) is 0 Å². The Hall–Kier alpha value is -6.63. The molecule has 0 atom stereocenters. The molecule has 11 rings (SSSR count). The summed E-state index contributed by atoms with van der Waals surface area (Å²) in [7, 11) is 0. The fourth-order valence-corrected chi connectivity index (χ4v) is 8.41. The summed E-state index contributed by atoms with van der Waals surface area (Å²) in [6, 6.07) is 52.1. The minimum absolute atomic E-state index is 0.561. The average molecular weight is 672 g/mol. The molecule has 51 heavy (non-hydrogen) atoms. The van der Waals surface area contributed by atoms with Crippen molar-refractivity contribution < 1.29 is 8.83 Å². The molecule has 5 nitrogen and oxygen atoms in total. The second-order valence-corrected chi connectivity index (χ2v) is 13.8. The van der Waals surface area contributed by atoms with Crippen molar-refractivity contribution in [3.63, 3.8) is 0 Å². The summed E-state index contributed by atoms with van der Waals surface area (Å²) >= 11 is 1.80. The second-order valence-electron chi connectivity index (χ2n) is 12.8. The van der Waals surface area contributed by atoms with Crippen LogP contribution in [0.25, 0.3) is 109 Å². The van der Waals surface area contributed by atoms with Crippen molar-refractivity contribution >= 4 is 75.4 Å². The van der Waals surface area contributed by atoms with E-state index >= 15 is 0 Å². The van der Waals surface area contributed by atoms with E-state index in [4.69, 9.17) is 23.8 Å². The van der Waals surface area contributed by atoms with Gasteiger partial charge < -0.3 is 8.83 Å². The summed E-state index contributed by atoms with van der Waals surface area (Å²) in [6.07, 6.45) is 0. The van der Waals surface area contributed by atoms with Crippen LogP contribution < -0.4 is 0 Å². The van der Waals surface area contributed by atoms with Gasteiger partial charge in [-0.05, 0) is 54.1 Å². The zero-order chi connectivity index (χ0) is 33.5. The quantitative estimate of drug-likeness (QED) is 0.186. The Morgan fingerprint density at radius 1 is 0.353 bits per heavy atom. The number of rotatable bonds is 4. The first-order valence-electron chi connectivity index (χ1n) is 16.8. The smallest absolute Gasteiger partial charge is 0.167 e. The van der Waals surface area contributed by atoms with E-state index in [1.807, 2.05) is 60.7 Å². The number of aromatic nitrogens is 3. The number of hydrogen-bond acceptors (Lipinski definition) is 6. The lowest BCUT2D eigenvalue weighted by molar-refractivity contribution is 0.668. The van der Waals surface area contributed by atoms with Crippen LogP contribution in [0.5, 0.6) is 0 Å². The molecule has 0 bridgehead atoms. The van der Waals surface area contributed by atoms with Crippen LogP contribution >= 0.6 is 11.3 Å². The number of para-hydroxylation sites is 3. The van der Waals surface area contributed by atoms with Gasteiger partial charge in [0, 0.05) is 58.4 Å². The topological polar surface area (TPSA) is 65.0 Å². The minimum atomic E-state index is 0.561. The summed E-state index contributed by atoms with van der Waals surface area (Å²) in [5, 5.41) is 6.67. The first-order valence-corrected chi connectivity index (χ1v) is 17.7. The molecule has 0 spiro atoms. The Morgan fingerprint density at radius 3 is 1.80 bits per heavy atom. The van der Waals surface area contributed by atoms with Crippen LogP contribution in [0, 0.1) is 0 Å². The van der Waals surface area contributed by atoms with Crippen LogP contribution in [-0.2, 0) is 0 Å². The molecule has 0 saturated heterocycles. The molecule has 0 N–H and O–H groups in total. The molecule has 0 amide bonds. The largest absolute Gasteiger partial charge is 0.455 e. The maximum atomic E-state index is 6.63. The molecule has 0 aliphatic rings. The van der Waals surface area contributed by atoms with E-state index in [1.54, 1.807) is 11.3 Å². The van der Waals surface area contributed by atoms with Gasteiger partial charge in [-0.25, -0.2) is 15.0 Å². The highest BCUT2D eigenvalue weighted by Crippen LogP contribution is 2.41. The van der Waals surface area contributed by atoms with Gasteiger partial charge in [0.1, 0.15) is 22.3 Å². The predicted molar refractivity (Wildman–Crippen MR) is 209 cm³/mol. The molecular weight excluding hydrogens is 647 g/mol. The van der Waals surface area contributed by atoms with Crippen LogP contribution in [0.15, 0.2) is 160 Å². The monoisotopic (exact) mass is 671 g/mol. The van der Waals surface area contributed by atoms with Crippen LogP contribution in [0.2, 0.25) is 0 Å². The molecule has 0 aliphatic carbocycles. The maximum absolute atomic E-state index is 6.63. The van der Waals surface area contributed by atoms with Crippen molar-refractivity contribution in [2.24, 2.45) is 0 Å². The SMILES string of the molecule is c1ccc(-c2nc(-c3ccc4sc5ccccc5c4c3)nc(-c3cccc4c3oc3ccc(-c5cccc6c5oc5ccccc56)cc34)n2)cc1. The number of nitrogens with zero attached hydrogens (tertiary/aromatic N) is 3. The molecule has 6 heteroatoms. The first kappa shape index (κ1) is 28.2. The highest BCUT2D eigenvalue weighted by molar-refractivity contribution is 7.25. The number of thiophene rings is 1. The van der Waals surface area contributed by atoms with E-state index in [2.05, 4.69) is 91.0 Å². The van der Waals surface area contributed by atoms with Gasteiger partial charge in [0.25, 0.3) is 0 Å². The molecule has 0 saturated carbocycles. The standard InChI is InChI=1S/C45H25N3O2S/c1-2-10-26(11-3-1)43-46-44(28-21-23-40-36(25-28)31-13-5-7-19-39(31)51-40)48-45(47-43)34-17-9-16-33-35-24-27(20-22-38(35)50-42(33)34)29-14-8-15-32-30-12-4-6-18-37(30)49-41(29)32/h1-25H. The summed E-state index contributed by atoms with van der Waals surface area (Å²) < 4.78 is 15.5. The lowest BCUT2D eigenvalue weighted by Gasteiger charge is -2.09. The average Bonchev–Trinajstić information content (AvgIpc) is 3.89. The first-order chi connectivity index (χ1) is 25.2. The molecule has 0 fully saturated rings. The molecule has 0 unspecified atom stereocenters. The second kappa shape index (κ2) is 10.9. The maximum Gasteiger partial charge on any atom is 0.167 e. The number of furan rings is 2. The van der Waals surface area contributed by atoms with Crippen molar-refractivity contribution in [1.29, 1.82) is 0 Å². The molecular formula is C45H25N3O2S. The van der Waals surface area contributed by atoms with E-state index < -0.39 is 0 Å². The van der Waals surface area contributed by atoms with Crippen LogP contribution in [0.3, 0.4) is 0 Å². The lowest BCUT2D eigenvalue weighted by atomic mass is 10.00. The Morgan fingerprint density at radius 2 is 0.941 bits per heavy atom. The third kappa shape index (κ3) is 4.43. The fourth-order valence-electron chi connectivity index (χ4n) is 7.32. The Balaban J connectivity index is 1.09. The summed E-state index contributed by atoms with van der Waals surface area (Å²) in [5.41, 5.74) is 8.08. The molecule has 7 aromatic carbocycles. The van der Waals surface area contributed by atoms with Crippen LogP contribution in [0.4, 0.5) is 0 Å². The van der Waals surface area contributed by atoms with Gasteiger partial charge >= 0.3 is 0 Å². The predicted octanol–water partition coefficient (Wildman–Crippen LogP) is 12.7. The summed E-state index contributed by atoms with van der Waals surface area (Å²) in [5.74, 6) is 1.79. The molecule has 11 aromatic rings. The van der Waals surface area contributed by atoms with Crippen molar-refractivity contribution in [3.05, 3.63) is 152 Å². The third-order valence-electron chi connectivity index (χ3n) is 9.76. The Labute approximate surface area is 295 Å². The van der Waals surface area contributed by atoms with Gasteiger partial charge in [0.15, 0.2) is 17.5 Å². The van der Waals surface area contributed by atoms with E-state index in [0.29, 0.717) is 17.5 Å². The van der Waals surface area contributed by atoms with Crippen molar-refractivity contribution in [2.75, 3.05) is 0 Å². The van der Waals surface area contributed by atoms with Gasteiger partial charge in [-0.2, -0.15) is 0 Å². The van der Waals surface area contributed by atoms with Crippen molar-refractivity contribution in [2.45, 2.75) is 0 Å². The molecule has 4 heterocycles. The number of hydrogen-bond donors (Lipinski definition) is 0. The highest BCUT2D eigenvalue weighted by atomic mass is 32.1. The normalized spacial score (nSPS) is 11.9.